The Bertz CT molecular complexity index is 812. The van der Waals surface area contributed by atoms with Gasteiger partial charge in [0.15, 0.2) is 5.96 Å². The van der Waals surface area contributed by atoms with Crippen LogP contribution in [0.1, 0.15) is 38.2 Å². The summed E-state index contributed by atoms with van der Waals surface area (Å²) in [5.74, 6) is 1.76. The van der Waals surface area contributed by atoms with Crippen molar-refractivity contribution in [1.82, 2.24) is 30.1 Å². The lowest BCUT2D eigenvalue weighted by molar-refractivity contribution is -0.138. The molecule has 0 radical (unpaired) electrons. The first-order valence-electron chi connectivity index (χ1n) is 10.2. The predicted octanol–water partition coefficient (Wildman–Crippen LogP) is 2.59. The molecule has 0 spiro atoms. The van der Waals surface area contributed by atoms with Crippen LogP contribution in [0.2, 0.25) is 0 Å². The normalized spacial score (nSPS) is 15.4. The molecule has 2 heterocycles. The van der Waals surface area contributed by atoms with Gasteiger partial charge < -0.3 is 15.5 Å². The lowest BCUT2D eigenvalue weighted by atomic mass is 9.84. The molecular weight excluding hydrogens is 493 g/mol. The molecule has 1 aliphatic rings. The van der Waals surface area contributed by atoms with Gasteiger partial charge in [-0.2, -0.15) is 0 Å². The average molecular weight is 525 g/mol. The van der Waals surface area contributed by atoms with Crippen molar-refractivity contribution in [1.29, 1.82) is 0 Å². The minimum atomic E-state index is -0.326. The maximum atomic E-state index is 12.8. The van der Waals surface area contributed by atoms with Gasteiger partial charge >= 0.3 is 0 Å². The number of imidazole rings is 1. The number of hydrogen-bond donors (Lipinski definition) is 2. The summed E-state index contributed by atoms with van der Waals surface area (Å²) in [6.45, 7) is 3.92. The highest BCUT2D eigenvalue weighted by Crippen LogP contribution is 2.38. The summed E-state index contributed by atoms with van der Waals surface area (Å²) in [6, 6.07) is 3.97. The fourth-order valence-electron chi connectivity index (χ4n) is 3.81. The minimum Gasteiger partial charge on any atom is -0.357 e. The topological polar surface area (TPSA) is 87.4 Å². The van der Waals surface area contributed by atoms with E-state index in [0.717, 1.165) is 49.6 Å². The van der Waals surface area contributed by atoms with Gasteiger partial charge in [0.25, 0.3) is 0 Å². The second kappa shape index (κ2) is 11.3. The molecule has 2 aromatic heterocycles. The fourth-order valence-corrected chi connectivity index (χ4v) is 3.81. The zero-order chi connectivity index (χ0) is 20.7. The molecule has 0 aromatic carbocycles. The van der Waals surface area contributed by atoms with Crippen molar-refractivity contribution in [2.75, 3.05) is 27.2 Å². The molecule has 1 amide bonds. The van der Waals surface area contributed by atoms with Crippen LogP contribution in [0.5, 0.6) is 0 Å². The first kappa shape index (κ1) is 24.1. The Balaban J connectivity index is 0.00000320. The Labute approximate surface area is 195 Å². The molecule has 0 atom stereocenters. The van der Waals surface area contributed by atoms with Crippen LogP contribution in [-0.4, -0.2) is 58.5 Å². The van der Waals surface area contributed by atoms with E-state index in [-0.39, 0.29) is 35.3 Å². The third-order valence-electron chi connectivity index (χ3n) is 5.36. The van der Waals surface area contributed by atoms with E-state index < -0.39 is 0 Å². The van der Waals surface area contributed by atoms with Gasteiger partial charge in [0.1, 0.15) is 12.1 Å². The molecule has 30 heavy (non-hydrogen) atoms. The Morgan fingerprint density at radius 3 is 2.60 bits per heavy atom. The third-order valence-corrected chi connectivity index (χ3v) is 5.36. The number of carbonyl (C=O) groups is 1. The summed E-state index contributed by atoms with van der Waals surface area (Å²) >= 11 is 0. The lowest BCUT2D eigenvalue weighted by Crippen LogP contribution is -2.49. The Morgan fingerprint density at radius 1 is 1.27 bits per heavy atom. The summed E-state index contributed by atoms with van der Waals surface area (Å²) in [5.41, 5.74) is 0.694. The standard InChI is InChI=1S/C21H31N7O.HI/c1-4-23-20(26-15-21(9-5-6-10-21)19(29)27(2)3)25-14-17-7-8-18(24-13-17)28-12-11-22-16-28;/h7-8,11-13,16H,4-6,9-10,14-15H2,1-3H3,(H2,23,25,26);1H. The van der Waals surface area contributed by atoms with Gasteiger partial charge in [-0.25, -0.2) is 15.0 Å². The highest BCUT2D eigenvalue weighted by Gasteiger charge is 2.42. The van der Waals surface area contributed by atoms with E-state index in [9.17, 15) is 4.79 Å². The van der Waals surface area contributed by atoms with Crippen LogP contribution in [0, 0.1) is 5.41 Å². The second-order valence-corrected chi connectivity index (χ2v) is 7.73. The van der Waals surface area contributed by atoms with E-state index in [4.69, 9.17) is 0 Å². The van der Waals surface area contributed by atoms with Gasteiger partial charge in [-0.3, -0.25) is 9.36 Å². The van der Waals surface area contributed by atoms with Gasteiger partial charge in [-0.1, -0.05) is 18.9 Å². The molecule has 0 saturated heterocycles. The van der Waals surface area contributed by atoms with E-state index in [1.54, 1.807) is 17.4 Å². The van der Waals surface area contributed by atoms with Gasteiger partial charge in [-0.15, -0.1) is 24.0 Å². The Morgan fingerprint density at radius 2 is 2.03 bits per heavy atom. The number of pyridine rings is 1. The number of guanidine groups is 1. The lowest BCUT2D eigenvalue weighted by Gasteiger charge is -2.31. The number of aromatic nitrogens is 3. The zero-order valence-corrected chi connectivity index (χ0v) is 20.3. The smallest absolute Gasteiger partial charge is 0.230 e. The van der Waals surface area contributed by atoms with Crippen molar-refractivity contribution in [3.63, 3.8) is 0 Å². The molecular formula is C21H32IN7O. The van der Waals surface area contributed by atoms with Crippen molar-refractivity contribution in [3.8, 4) is 5.82 Å². The third kappa shape index (κ3) is 5.93. The Kier molecular flexibility index (Phi) is 9.07. The number of nitrogens with zero attached hydrogens (tertiary/aromatic N) is 5. The van der Waals surface area contributed by atoms with E-state index >= 15 is 0 Å². The first-order valence-corrected chi connectivity index (χ1v) is 10.2. The molecule has 2 N–H and O–H groups in total. The molecule has 0 unspecified atom stereocenters. The molecule has 9 heteroatoms. The molecule has 0 bridgehead atoms. The molecule has 8 nitrogen and oxygen atoms in total. The van der Waals surface area contributed by atoms with Crippen molar-refractivity contribution >= 4 is 35.8 Å². The number of aliphatic imine (C=N–C) groups is 1. The van der Waals surface area contributed by atoms with E-state index in [1.807, 2.05) is 50.1 Å². The highest BCUT2D eigenvalue weighted by atomic mass is 127. The number of halogens is 1. The monoisotopic (exact) mass is 525 g/mol. The minimum absolute atomic E-state index is 0. The molecule has 1 aliphatic carbocycles. The number of hydrogen-bond acceptors (Lipinski definition) is 4. The van der Waals surface area contributed by atoms with E-state index in [1.165, 1.54) is 0 Å². The molecule has 3 rings (SSSR count). The summed E-state index contributed by atoms with van der Waals surface area (Å²) < 4.78 is 1.86. The van der Waals surface area contributed by atoms with Crippen LogP contribution in [0.4, 0.5) is 0 Å². The fraction of sp³-hybridized carbons (Fsp3) is 0.524. The molecule has 164 valence electrons. The highest BCUT2D eigenvalue weighted by molar-refractivity contribution is 14.0. The number of amides is 1. The van der Waals surface area contributed by atoms with Gasteiger partial charge in [0.2, 0.25) is 5.91 Å². The molecule has 1 fully saturated rings. The summed E-state index contributed by atoms with van der Waals surface area (Å²) in [7, 11) is 3.67. The SMILES string of the molecule is CCNC(=NCc1ccc(-n2ccnc2)nc1)NCC1(C(=O)N(C)C)CCCC1.I. The van der Waals surface area contributed by atoms with E-state index in [0.29, 0.717) is 13.1 Å². The zero-order valence-electron chi connectivity index (χ0n) is 18.0. The molecule has 0 aliphatic heterocycles. The number of rotatable bonds is 7. The van der Waals surface area contributed by atoms with E-state index in [2.05, 4.69) is 25.6 Å². The first-order chi connectivity index (χ1) is 14.0. The molecule has 1 saturated carbocycles. The quantitative estimate of drug-likeness (QED) is 0.330. The van der Waals surface area contributed by atoms with Gasteiger partial charge in [0.05, 0.1) is 12.0 Å². The summed E-state index contributed by atoms with van der Waals surface area (Å²) in [5, 5.41) is 6.68. The van der Waals surface area contributed by atoms with Gasteiger partial charge in [0, 0.05) is 45.8 Å². The number of carbonyl (C=O) groups excluding carboxylic acids is 1. The van der Waals surface area contributed by atoms with Crippen LogP contribution in [0.3, 0.4) is 0 Å². The van der Waals surface area contributed by atoms with Crippen LogP contribution in [0.15, 0.2) is 42.0 Å². The second-order valence-electron chi connectivity index (χ2n) is 7.73. The predicted molar refractivity (Wildman–Crippen MR) is 129 cm³/mol. The van der Waals surface area contributed by atoms with Crippen molar-refractivity contribution < 1.29 is 4.79 Å². The maximum Gasteiger partial charge on any atom is 0.230 e. The van der Waals surface area contributed by atoms with Crippen LogP contribution >= 0.6 is 24.0 Å². The van der Waals surface area contributed by atoms with Crippen molar-refractivity contribution in [2.24, 2.45) is 10.4 Å². The average Bonchev–Trinajstić information content (AvgIpc) is 3.43. The van der Waals surface area contributed by atoms with Gasteiger partial charge in [-0.05, 0) is 31.4 Å². The number of nitrogens with one attached hydrogen (secondary N) is 2. The maximum absolute atomic E-state index is 12.8. The van der Waals surface area contributed by atoms with Crippen LogP contribution < -0.4 is 10.6 Å². The van der Waals surface area contributed by atoms with Crippen LogP contribution in [-0.2, 0) is 11.3 Å². The summed E-state index contributed by atoms with van der Waals surface area (Å²) in [4.78, 5) is 27.7. The van der Waals surface area contributed by atoms with Crippen molar-refractivity contribution in [2.45, 2.75) is 39.2 Å². The molecule has 2 aromatic rings. The van der Waals surface area contributed by atoms with Crippen molar-refractivity contribution in [3.05, 3.63) is 42.6 Å². The largest absolute Gasteiger partial charge is 0.357 e. The summed E-state index contributed by atoms with van der Waals surface area (Å²) in [6.07, 6.45) is 11.2. The Hall–Kier alpha value is -2.17. The van der Waals surface area contributed by atoms with Crippen LogP contribution in [0.25, 0.3) is 5.82 Å².